The van der Waals surface area contributed by atoms with Gasteiger partial charge in [-0.1, -0.05) is 12.1 Å². The molecule has 0 saturated heterocycles. The maximum absolute atomic E-state index is 11.6. The maximum Gasteiger partial charge on any atom is 0.319 e. The molecule has 0 aliphatic rings. The summed E-state index contributed by atoms with van der Waals surface area (Å²) in [4.78, 5) is 22.4. The number of anilines is 1. The van der Waals surface area contributed by atoms with Gasteiger partial charge in [0, 0.05) is 11.7 Å². The first kappa shape index (κ1) is 14.0. The van der Waals surface area contributed by atoms with Gasteiger partial charge in [-0.05, 0) is 38.5 Å². The van der Waals surface area contributed by atoms with E-state index < -0.39 is 24.0 Å². The van der Waals surface area contributed by atoms with Crippen LogP contribution in [0.4, 0.5) is 10.5 Å². The highest BCUT2D eigenvalue weighted by atomic mass is 16.4. The van der Waals surface area contributed by atoms with Crippen LogP contribution in [0.2, 0.25) is 0 Å². The number of aliphatic carboxylic acids is 1. The van der Waals surface area contributed by atoms with Crippen molar-refractivity contribution in [3.8, 4) is 0 Å². The fourth-order valence-corrected chi connectivity index (χ4v) is 1.44. The van der Waals surface area contributed by atoms with E-state index in [-0.39, 0.29) is 0 Å². The lowest BCUT2D eigenvalue weighted by Gasteiger charge is -2.18. The SMILES string of the molecule is Cc1cccc(NC(=O)NC(C)C(C)C(=O)O)c1. The molecule has 0 radical (unpaired) electrons. The summed E-state index contributed by atoms with van der Waals surface area (Å²) in [5, 5.41) is 14.1. The zero-order valence-electron chi connectivity index (χ0n) is 10.7. The van der Waals surface area contributed by atoms with Crippen molar-refractivity contribution in [1.82, 2.24) is 5.32 Å². The smallest absolute Gasteiger partial charge is 0.319 e. The molecule has 2 atom stereocenters. The zero-order chi connectivity index (χ0) is 13.7. The molecule has 0 bridgehead atoms. The number of carboxylic acid groups (broad SMARTS) is 1. The van der Waals surface area contributed by atoms with Crippen molar-refractivity contribution < 1.29 is 14.7 Å². The molecule has 2 amide bonds. The molecule has 0 heterocycles. The quantitative estimate of drug-likeness (QED) is 0.766. The number of hydrogen-bond donors (Lipinski definition) is 3. The van der Waals surface area contributed by atoms with Crippen LogP contribution in [0.3, 0.4) is 0 Å². The number of amides is 2. The highest BCUT2D eigenvalue weighted by Gasteiger charge is 2.20. The molecule has 1 aromatic rings. The third-order valence-corrected chi connectivity index (χ3v) is 2.77. The maximum atomic E-state index is 11.6. The predicted octanol–water partition coefficient (Wildman–Crippen LogP) is 2.23. The van der Waals surface area contributed by atoms with Crippen LogP contribution in [-0.4, -0.2) is 23.1 Å². The van der Waals surface area contributed by atoms with Gasteiger partial charge in [0.05, 0.1) is 5.92 Å². The number of nitrogens with one attached hydrogen (secondary N) is 2. The first-order valence-corrected chi connectivity index (χ1v) is 5.77. The molecule has 3 N–H and O–H groups in total. The summed E-state index contributed by atoms with van der Waals surface area (Å²) < 4.78 is 0. The minimum absolute atomic E-state index is 0.402. The van der Waals surface area contributed by atoms with Gasteiger partial charge in [0.2, 0.25) is 0 Å². The Hall–Kier alpha value is -2.04. The average molecular weight is 250 g/mol. The summed E-state index contributed by atoms with van der Waals surface area (Å²) in [7, 11) is 0. The number of hydrogen-bond acceptors (Lipinski definition) is 2. The van der Waals surface area contributed by atoms with E-state index in [2.05, 4.69) is 10.6 Å². The van der Waals surface area contributed by atoms with Gasteiger partial charge in [-0.3, -0.25) is 4.79 Å². The topological polar surface area (TPSA) is 78.4 Å². The first-order chi connectivity index (χ1) is 8.40. The van der Waals surface area contributed by atoms with Gasteiger partial charge >= 0.3 is 12.0 Å². The van der Waals surface area contributed by atoms with Crippen molar-refractivity contribution in [2.45, 2.75) is 26.8 Å². The van der Waals surface area contributed by atoms with Crippen LogP contribution >= 0.6 is 0 Å². The van der Waals surface area contributed by atoms with E-state index in [4.69, 9.17) is 5.11 Å². The molecule has 5 heteroatoms. The minimum atomic E-state index is -0.932. The van der Waals surface area contributed by atoms with Crippen LogP contribution in [0.25, 0.3) is 0 Å². The molecule has 98 valence electrons. The highest BCUT2D eigenvalue weighted by molar-refractivity contribution is 5.89. The van der Waals surface area contributed by atoms with Gasteiger partial charge in [-0.25, -0.2) is 4.79 Å². The normalized spacial score (nSPS) is 13.5. The number of urea groups is 1. The van der Waals surface area contributed by atoms with E-state index >= 15 is 0 Å². The minimum Gasteiger partial charge on any atom is -0.481 e. The van der Waals surface area contributed by atoms with E-state index in [1.165, 1.54) is 0 Å². The van der Waals surface area contributed by atoms with Crippen LogP contribution in [0.5, 0.6) is 0 Å². The van der Waals surface area contributed by atoms with E-state index in [1.54, 1.807) is 19.9 Å². The fraction of sp³-hybridized carbons (Fsp3) is 0.385. The van der Waals surface area contributed by atoms with E-state index in [0.717, 1.165) is 5.56 Å². The molecule has 0 spiro atoms. The van der Waals surface area contributed by atoms with Gasteiger partial charge < -0.3 is 15.7 Å². The van der Waals surface area contributed by atoms with Crippen molar-refractivity contribution in [3.63, 3.8) is 0 Å². The third kappa shape index (κ3) is 4.08. The van der Waals surface area contributed by atoms with Crippen LogP contribution in [0.15, 0.2) is 24.3 Å². The molecule has 5 nitrogen and oxygen atoms in total. The van der Waals surface area contributed by atoms with Crippen LogP contribution in [0, 0.1) is 12.8 Å². The average Bonchev–Trinajstić information content (AvgIpc) is 2.27. The molecule has 1 aromatic carbocycles. The summed E-state index contributed by atoms with van der Waals surface area (Å²) in [6, 6.07) is 6.54. The lowest BCUT2D eigenvalue weighted by Crippen LogP contribution is -2.42. The lowest BCUT2D eigenvalue weighted by atomic mass is 10.0. The Bertz CT molecular complexity index is 446. The second kappa shape index (κ2) is 6.05. The molecular formula is C13H18N2O3. The number of carbonyl (C=O) groups is 2. The van der Waals surface area contributed by atoms with Crippen molar-refractivity contribution >= 4 is 17.7 Å². The second-order valence-electron chi connectivity index (χ2n) is 4.38. The molecule has 0 saturated carbocycles. The summed E-state index contributed by atoms with van der Waals surface area (Å²) in [6.07, 6.45) is 0. The van der Waals surface area contributed by atoms with Gasteiger partial charge in [0.25, 0.3) is 0 Å². The molecular weight excluding hydrogens is 232 g/mol. The standard InChI is InChI=1S/C13H18N2O3/c1-8-5-4-6-11(7-8)15-13(18)14-10(3)9(2)12(16)17/h4-7,9-10H,1-3H3,(H,16,17)(H2,14,15,18). The Morgan fingerprint density at radius 3 is 2.50 bits per heavy atom. The molecule has 0 aromatic heterocycles. The Balaban J connectivity index is 2.54. The van der Waals surface area contributed by atoms with Gasteiger partial charge in [-0.2, -0.15) is 0 Å². The van der Waals surface area contributed by atoms with Crippen molar-refractivity contribution in [2.24, 2.45) is 5.92 Å². The molecule has 0 aliphatic heterocycles. The van der Waals surface area contributed by atoms with Crippen LogP contribution < -0.4 is 10.6 Å². The van der Waals surface area contributed by atoms with Crippen molar-refractivity contribution in [2.75, 3.05) is 5.32 Å². The number of carboxylic acids is 1. The summed E-state index contributed by atoms with van der Waals surface area (Å²) in [5.74, 6) is -1.56. The number of aryl methyl sites for hydroxylation is 1. The number of carbonyl (C=O) groups excluding carboxylic acids is 1. The van der Waals surface area contributed by atoms with Gasteiger partial charge in [-0.15, -0.1) is 0 Å². The van der Waals surface area contributed by atoms with Crippen LogP contribution in [-0.2, 0) is 4.79 Å². The summed E-state index contributed by atoms with van der Waals surface area (Å²) >= 11 is 0. The van der Waals surface area contributed by atoms with Gasteiger partial charge in [0.1, 0.15) is 0 Å². The Labute approximate surface area is 106 Å². The van der Waals surface area contributed by atoms with Crippen molar-refractivity contribution in [1.29, 1.82) is 0 Å². The van der Waals surface area contributed by atoms with Gasteiger partial charge in [0.15, 0.2) is 0 Å². The molecule has 1 rings (SSSR count). The monoisotopic (exact) mass is 250 g/mol. The van der Waals surface area contributed by atoms with E-state index in [9.17, 15) is 9.59 Å². The summed E-state index contributed by atoms with van der Waals surface area (Å²) in [5.41, 5.74) is 1.72. The highest BCUT2D eigenvalue weighted by Crippen LogP contribution is 2.09. The Morgan fingerprint density at radius 1 is 1.28 bits per heavy atom. The van der Waals surface area contributed by atoms with Crippen LogP contribution in [0.1, 0.15) is 19.4 Å². The molecule has 0 aliphatic carbocycles. The fourth-order valence-electron chi connectivity index (χ4n) is 1.44. The lowest BCUT2D eigenvalue weighted by molar-refractivity contribution is -0.141. The Kier molecular flexibility index (Phi) is 4.71. The van der Waals surface area contributed by atoms with Crippen molar-refractivity contribution in [3.05, 3.63) is 29.8 Å². The third-order valence-electron chi connectivity index (χ3n) is 2.77. The molecule has 2 unspecified atom stereocenters. The summed E-state index contributed by atoms with van der Waals surface area (Å²) in [6.45, 7) is 5.15. The largest absolute Gasteiger partial charge is 0.481 e. The van der Waals surface area contributed by atoms with E-state index in [0.29, 0.717) is 5.69 Å². The second-order valence-corrected chi connectivity index (χ2v) is 4.38. The Morgan fingerprint density at radius 2 is 1.94 bits per heavy atom. The number of rotatable bonds is 4. The van der Waals surface area contributed by atoms with E-state index in [1.807, 2.05) is 25.1 Å². The predicted molar refractivity (Wildman–Crippen MR) is 69.6 cm³/mol. The molecule has 0 fully saturated rings. The first-order valence-electron chi connectivity index (χ1n) is 5.77. The number of benzene rings is 1. The zero-order valence-corrected chi connectivity index (χ0v) is 10.7. The molecule has 18 heavy (non-hydrogen) atoms.